The highest BCUT2D eigenvalue weighted by Gasteiger charge is 2.34. The van der Waals surface area contributed by atoms with Crippen LogP contribution in [-0.2, 0) is 14.3 Å². The summed E-state index contributed by atoms with van der Waals surface area (Å²) in [4.78, 5) is 36.4. The van der Waals surface area contributed by atoms with E-state index < -0.39 is 11.2 Å². The average Bonchev–Trinajstić information content (AvgIpc) is 3.11. The van der Waals surface area contributed by atoms with Gasteiger partial charge in [-0.1, -0.05) is 0 Å². The minimum atomic E-state index is -0.824. The second-order valence-electron chi connectivity index (χ2n) is 6.71. The van der Waals surface area contributed by atoms with Gasteiger partial charge in [-0.25, -0.2) is 0 Å². The Balaban J connectivity index is 1.86. The highest BCUT2D eigenvalue weighted by Crippen LogP contribution is 2.26. The van der Waals surface area contributed by atoms with Crippen molar-refractivity contribution in [2.24, 2.45) is 5.10 Å². The first-order valence-corrected chi connectivity index (χ1v) is 10.1. The fourth-order valence-corrected chi connectivity index (χ4v) is 3.73. The number of anilines is 1. The fourth-order valence-electron chi connectivity index (χ4n) is 3.08. The number of nitro groups is 1. The van der Waals surface area contributed by atoms with E-state index in [1.807, 2.05) is 25.1 Å². The third-order valence-corrected chi connectivity index (χ3v) is 5.21. The van der Waals surface area contributed by atoms with Crippen LogP contribution in [0.3, 0.4) is 0 Å². The summed E-state index contributed by atoms with van der Waals surface area (Å²) < 4.78 is 6.92. The lowest BCUT2D eigenvalue weighted by molar-refractivity contribution is -0.384. The van der Waals surface area contributed by atoms with Gasteiger partial charge in [-0.2, -0.15) is 5.01 Å². The molecule has 3 rings (SSSR count). The molecule has 2 aromatic carbocycles. The topological polar surface area (TPSA) is 105 Å². The highest BCUT2D eigenvalue weighted by atomic mass is 127. The van der Waals surface area contributed by atoms with Crippen LogP contribution in [0.15, 0.2) is 47.6 Å². The Labute approximate surface area is 186 Å². The number of hydrazone groups is 1. The smallest absolute Gasteiger partial charge is 0.269 e. The molecule has 0 saturated carbocycles. The van der Waals surface area contributed by atoms with E-state index in [1.54, 1.807) is 4.90 Å². The molecule has 9 nitrogen and oxygen atoms in total. The SMILES string of the molecule is CC(=O)N(C[C@@H]1OC(c2ccc([N+](=O)[O-])cc2)=NN1C(C)=O)c1ccc(I)cc1C. The molecule has 1 heterocycles. The van der Waals surface area contributed by atoms with Crippen LogP contribution in [0.4, 0.5) is 11.4 Å². The highest BCUT2D eigenvalue weighted by molar-refractivity contribution is 14.1. The van der Waals surface area contributed by atoms with Crippen molar-refractivity contribution >= 4 is 51.7 Å². The number of aryl methyl sites for hydroxylation is 1. The van der Waals surface area contributed by atoms with Gasteiger partial charge >= 0.3 is 0 Å². The summed E-state index contributed by atoms with van der Waals surface area (Å²) in [5.41, 5.74) is 2.07. The van der Waals surface area contributed by atoms with Crippen molar-refractivity contribution in [2.75, 3.05) is 11.4 Å². The number of ether oxygens (including phenoxy) is 1. The standard InChI is InChI=1S/C20H19IN4O5/c1-12-10-16(21)6-9-18(12)23(13(2)26)11-19-24(14(3)27)22-20(30-19)15-4-7-17(8-5-15)25(28)29/h4-10,19H,11H2,1-3H3/t19-/m0/s1. The number of amides is 2. The fraction of sp³-hybridized carbons (Fsp3) is 0.250. The maximum Gasteiger partial charge on any atom is 0.269 e. The van der Waals surface area contributed by atoms with Gasteiger partial charge in [0.25, 0.3) is 5.69 Å². The summed E-state index contributed by atoms with van der Waals surface area (Å²) in [5, 5.41) is 16.2. The van der Waals surface area contributed by atoms with Crippen molar-refractivity contribution in [3.8, 4) is 0 Å². The predicted octanol–water partition coefficient (Wildman–Crippen LogP) is 3.43. The molecule has 156 valence electrons. The molecule has 0 fully saturated rings. The summed E-state index contributed by atoms with van der Waals surface area (Å²) >= 11 is 2.20. The number of hydrogen-bond acceptors (Lipinski definition) is 6. The molecule has 0 radical (unpaired) electrons. The Kier molecular flexibility index (Phi) is 6.34. The summed E-state index contributed by atoms with van der Waals surface area (Å²) in [6.45, 7) is 4.79. The third-order valence-electron chi connectivity index (χ3n) is 4.54. The van der Waals surface area contributed by atoms with Crippen LogP contribution in [0.5, 0.6) is 0 Å². The van der Waals surface area contributed by atoms with Crippen LogP contribution in [-0.4, -0.2) is 40.4 Å². The van der Waals surface area contributed by atoms with Gasteiger partial charge in [-0.3, -0.25) is 19.7 Å². The van der Waals surface area contributed by atoms with Gasteiger partial charge in [-0.05, 0) is 65.4 Å². The normalized spacial score (nSPS) is 15.4. The molecule has 0 aromatic heterocycles. The molecule has 1 aliphatic heterocycles. The largest absolute Gasteiger partial charge is 0.448 e. The van der Waals surface area contributed by atoms with Crippen LogP contribution in [0.2, 0.25) is 0 Å². The summed E-state index contributed by atoms with van der Waals surface area (Å²) in [7, 11) is 0. The summed E-state index contributed by atoms with van der Waals surface area (Å²) in [6, 6.07) is 11.4. The van der Waals surface area contributed by atoms with Crippen molar-refractivity contribution < 1.29 is 19.2 Å². The minimum absolute atomic E-state index is 0.0609. The Morgan fingerprint density at radius 1 is 1.23 bits per heavy atom. The van der Waals surface area contributed by atoms with Gasteiger partial charge in [0.15, 0.2) is 0 Å². The average molecular weight is 522 g/mol. The molecule has 2 aromatic rings. The van der Waals surface area contributed by atoms with Gasteiger partial charge in [0.1, 0.15) is 0 Å². The maximum atomic E-state index is 12.4. The first-order valence-electron chi connectivity index (χ1n) is 9.01. The lowest BCUT2D eigenvalue weighted by Crippen LogP contribution is -2.44. The number of carbonyl (C=O) groups excluding carboxylic acids is 2. The molecule has 2 amide bonds. The van der Waals surface area contributed by atoms with Crippen molar-refractivity contribution in [3.05, 3.63) is 67.3 Å². The lowest BCUT2D eigenvalue weighted by Gasteiger charge is -2.28. The first kappa shape index (κ1) is 21.7. The molecule has 1 aliphatic rings. The van der Waals surface area contributed by atoms with E-state index in [9.17, 15) is 19.7 Å². The Morgan fingerprint density at radius 2 is 1.90 bits per heavy atom. The number of hydrogen-bond donors (Lipinski definition) is 0. The minimum Gasteiger partial charge on any atom is -0.448 e. The predicted molar refractivity (Wildman–Crippen MR) is 119 cm³/mol. The van der Waals surface area contributed by atoms with Gasteiger partial charge in [0.05, 0.1) is 11.5 Å². The Hall–Kier alpha value is -3.02. The number of nitrogens with zero attached hydrogens (tertiary/aromatic N) is 4. The zero-order valence-corrected chi connectivity index (χ0v) is 18.7. The molecular weight excluding hydrogens is 503 g/mol. The molecule has 0 aliphatic carbocycles. The van der Waals surface area contributed by atoms with Crippen LogP contribution in [0.1, 0.15) is 25.0 Å². The maximum absolute atomic E-state index is 12.4. The zero-order chi connectivity index (χ0) is 22.0. The monoisotopic (exact) mass is 522 g/mol. The van der Waals surface area contributed by atoms with Crippen molar-refractivity contribution in [2.45, 2.75) is 27.0 Å². The third kappa shape index (κ3) is 4.58. The molecule has 1 atom stereocenters. The zero-order valence-electron chi connectivity index (χ0n) is 16.5. The molecule has 10 heteroatoms. The van der Waals surface area contributed by atoms with Crippen LogP contribution in [0.25, 0.3) is 0 Å². The van der Waals surface area contributed by atoms with Gasteiger partial charge in [0.2, 0.25) is 23.9 Å². The van der Waals surface area contributed by atoms with E-state index in [-0.39, 0.29) is 29.9 Å². The van der Waals surface area contributed by atoms with Crippen LogP contribution >= 0.6 is 22.6 Å². The second-order valence-corrected chi connectivity index (χ2v) is 7.95. The second kappa shape index (κ2) is 8.78. The molecule has 0 N–H and O–H groups in total. The Morgan fingerprint density at radius 3 is 2.43 bits per heavy atom. The van der Waals surface area contributed by atoms with Crippen molar-refractivity contribution in [1.29, 1.82) is 0 Å². The van der Waals surface area contributed by atoms with E-state index in [1.165, 1.54) is 43.1 Å². The van der Waals surface area contributed by atoms with E-state index >= 15 is 0 Å². The van der Waals surface area contributed by atoms with Crippen LogP contribution < -0.4 is 4.90 Å². The van der Waals surface area contributed by atoms with E-state index in [0.29, 0.717) is 5.56 Å². The molecular formula is C20H19IN4O5. The number of carbonyl (C=O) groups is 2. The molecule has 0 spiro atoms. The molecule has 30 heavy (non-hydrogen) atoms. The number of rotatable bonds is 5. The molecule has 0 bridgehead atoms. The van der Waals surface area contributed by atoms with E-state index in [4.69, 9.17) is 4.74 Å². The van der Waals surface area contributed by atoms with Gasteiger partial charge < -0.3 is 9.64 Å². The van der Waals surface area contributed by atoms with E-state index in [2.05, 4.69) is 27.7 Å². The first-order chi connectivity index (χ1) is 14.2. The van der Waals surface area contributed by atoms with E-state index in [0.717, 1.165) is 14.8 Å². The van der Waals surface area contributed by atoms with Gasteiger partial charge in [-0.15, -0.1) is 5.10 Å². The number of nitro benzene ring substituents is 1. The molecule has 0 saturated heterocycles. The summed E-state index contributed by atoms with van der Waals surface area (Å²) in [5.74, 6) is -0.386. The van der Waals surface area contributed by atoms with Crippen LogP contribution in [0, 0.1) is 20.6 Å². The quantitative estimate of drug-likeness (QED) is 0.340. The molecule has 0 unspecified atom stereocenters. The van der Waals surface area contributed by atoms with Crippen molar-refractivity contribution in [3.63, 3.8) is 0 Å². The van der Waals surface area contributed by atoms with Gasteiger partial charge in [0, 0.05) is 40.8 Å². The van der Waals surface area contributed by atoms with Crippen molar-refractivity contribution in [1.82, 2.24) is 5.01 Å². The number of benzene rings is 2. The number of non-ortho nitro benzene ring substituents is 1. The Bertz CT molecular complexity index is 1040. The number of halogens is 1. The summed E-state index contributed by atoms with van der Waals surface area (Å²) in [6.07, 6.45) is -0.824. The lowest BCUT2D eigenvalue weighted by atomic mass is 10.1.